The van der Waals surface area contributed by atoms with E-state index >= 15 is 0 Å². The fourth-order valence-electron chi connectivity index (χ4n) is 0.373. The van der Waals surface area contributed by atoms with Gasteiger partial charge in [0.05, 0.1) is 0 Å². The van der Waals surface area contributed by atoms with E-state index in [0.29, 0.717) is 5.92 Å². The van der Waals surface area contributed by atoms with Gasteiger partial charge in [-0.25, -0.2) is 0 Å². The first-order valence-corrected chi connectivity index (χ1v) is 3.60. The summed E-state index contributed by atoms with van der Waals surface area (Å²) < 4.78 is 0. The quantitative estimate of drug-likeness (QED) is 0.364. The standard InChI is InChI=1S/C6H13N3S/c1-5(2)3-4-8-9-6(7)10/h4-5H,3H2,1-2H3,(H3,7,9,10)/b8-4+. The van der Waals surface area contributed by atoms with Crippen LogP contribution in [0.1, 0.15) is 20.3 Å². The Morgan fingerprint density at radius 3 is 2.80 bits per heavy atom. The van der Waals surface area contributed by atoms with Crippen LogP contribution in [0.5, 0.6) is 0 Å². The molecule has 3 N–H and O–H groups in total. The predicted molar refractivity (Wildman–Crippen MR) is 47.9 cm³/mol. The molecular weight excluding hydrogens is 146 g/mol. The van der Waals surface area contributed by atoms with Gasteiger partial charge in [0.25, 0.3) is 0 Å². The zero-order chi connectivity index (χ0) is 7.98. The molecule has 4 heteroatoms. The Morgan fingerprint density at radius 1 is 1.80 bits per heavy atom. The van der Waals surface area contributed by atoms with E-state index < -0.39 is 0 Å². The lowest BCUT2D eigenvalue weighted by atomic mass is 10.2. The monoisotopic (exact) mass is 159 g/mol. The van der Waals surface area contributed by atoms with Crippen LogP contribution in [0.25, 0.3) is 0 Å². The summed E-state index contributed by atoms with van der Waals surface area (Å²) in [5, 5.41) is 3.98. The highest BCUT2D eigenvalue weighted by Gasteiger charge is 1.87. The van der Waals surface area contributed by atoms with Crippen LogP contribution in [0.2, 0.25) is 0 Å². The topological polar surface area (TPSA) is 50.4 Å². The zero-order valence-corrected chi connectivity index (χ0v) is 7.11. The number of hydrogen-bond acceptors (Lipinski definition) is 2. The van der Waals surface area contributed by atoms with Gasteiger partial charge in [0, 0.05) is 6.21 Å². The molecule has 0 aromatic rings. The number of nitrogens with one attached hydrogen (secondary N) is 1. The minimum absolute atomic E-state index is 0.208. The molecule has 0 spiro atoms. The lowest BCUT2D eigenvalue weighted by Crippen LogP contribution is -2.24. The second-order valence-corrected chi connectivity index (χ2v) is 2.86. The number of hydrazone groups is 1. The van der Waals surface area contributed by atoms with E-state index in [1.54, 1.807) is 6.21 Å². The minimum Gasteiger partial charge on any atom is -0.375 e. The molecule has 58 valence electrons. The van der Waals surface area contributed by atoms with Crippen LogP contribution >= 0.6 is 12.2 Å². The molecule has 0 aliphatic carbocycles. The third kappa shape index (κ3) is 7.36. The molecule has 0 rings (SSSR count). The van der Waals surface area contributed by atoms with E-state index in [2.05, 4.69) is 36.6 Å². The lowest BCUT2D eigenvalue weighted by Gasteiger charge is -1.96. The van der Waals surface area contributed by atoms with Crippen LogP contribution in [-0.4, -0.2) is 11.3 Å². The Labute approximate surface area is 66.7 Å². The maximum Gasteiger partial charge on any atom is 0.184 e. The largest absolute Gasteiger partial charge is 0.375 e. The van der Waals surface area contributed by atoms with E-state index in [0.717, 1.165) is 6.42 Å². The van der Waals surface area contributed by atoms with Gasteiger partial charge in [-0.3, -0.25) is 5.43 Å². The van der Waals surface area contributed by atoms with Crippen molar-refractivity contribution in [2.75, 3.05) is 0 Å². The van der Waals surface area contributed by atoms with Crippen LogP contribution < -0.4 is 11.2 Å². The van der Waals surface area contributed by atoms with E-state index in [1.807, 2.05) is 0 Å². The minimum atomic E-state index is 0.208. The van der Waals surface area contributed by atoms with Gasteiger partial charge in [-0.05, 0) is 24.6 Å². The molecule has 0 bridgehead atoms. The van der Waals surface area contributed by atoms with Crippen molar-refractivity contribution in [3.8, 4) is 0 Å². The maximum absolute atomic E-state index is 5.12. The molecule has 0 fully saturated rings. The first kappa shape index (κ1) is 9.36. The second-order valence-electron chi connectivity index (χ2n) is 2.42. The molecule has 0 unspecified atom stereocenters. The highest BCUT2D eigenvalue weighted by Crippen LogP contribution is 1.93. The normalized spacial score (nSPS) is 10.7. The van der Waals surface area contributed by atoms with Crippen LogP contribution in [0.3, 0.4) is 0 Å². The van der Waals surface area contributed by atoms with Gasteiger partial charge in [-0.1, -0.05) is 13.8 Å². The SMILES string of the molecule is CC(C)C/C=N/NC(N)=S. The second kappa shape index (κ2) is 5.17. The molecule has 0 aliphatic rings. The van der Waals surface area contributed by atoms with Crippen molar-refractivity contribution in [2.45, 2.75) is 20.3 Å². The van der Waals surface area contributed by atoms with E-state index in [1.165, 1.54) is 0 Å². The molecule has 0 aliphatic heterocycles. The summed E-state index contributed by atoms with van der Waals surface area (Å²) >= 11 is 4.53. The van der Waals surface area contributed by atoms with E-state index in [-0.39, 0.29) is 5.11 Å². The smallest absolute Gasteiger partial charge is 0.184 e. The van der Waals surface area contributed by atoms with Crippen molar-refractivity contribution >= 4 is 23.5 Å². The summed E-state index contributed by atoms with van der Waals surface area (Å²) in [6.45, 7) is 4.24. The average molecular weight is 159 g/mol. The van der Waals surface area contributed by atoms with Crippen LogP contribution in [0.4, 0.5) is 0 Å². The Kier molecular flexibility index (Phi) is 4.84. The third-order valence-corrected chi connectivity index (χ3v) is 0.934. The Balaban J connectivity index is 3.29. The summed E-state index contributed by atoms with van der Waals surface area (Å²) in [5.74, 6) is 0.622. The Hall–Kier alpha value is -0.640. The molecular formula is C6H13N3S. The van der Waals surface area contributed by atoms with Crippen molar-refractivity contribution in [3.63, 3.8) is 0 Å². The zero-order valence-electron chi connectivity index (χ0n) is 6.29. The third-order valence-electron chi connectivity index (χ3n) is 0.843. The molecule has 0 heterocycles. The van der Waals surface area contributed by atoms with Gasteiger partial charge in [-0.2, -0.15) is 5.10 Å². The summed E-state index contributed by atoms with van der Waals surface area (Å²) in [5.41, 5.74) is 7.60. The van der Waals surface area contributed by atoms with Crippen molar-refractivity contribution < 1.29 is 0 Å². The highest BCUT2D eigenvalue weighted by molar-refractivity contribution is 7.80. The van der Waals surface area contributed by atoms with Gasteiger partial charge in [0.1, 0.15) is 0 Å². The molecule has 0 radical (unpaired) electrons. The first-order chi connectivity index (χ1) is 4.63. The van der Waals surface area contributed by atoms with Gasteiger partial charge < -0.3 is 5.73 Å². The predicted octanol–water partition coefficient (Wildman–Crippen LogP) is 0.852. The van der Waals surface area contributed by atoms with Gasteiger partial charge >= 0.3 is 0 Å². The molecule has 0 amide bonds. The molecule has 0 aromatic heterocycles. The molecule has 10 heavy (non-hydrogen) atoms. The number of nitrogens with zero attached hydrogens (tertiary/aromatic N) is 1. The fourth-order valence-corrected chi connectivity index (χ4v) is 0.425. The summed E-state index contributed by atoms with van der Waals surface area (Å²) in [6.07, 6.45) is 2.71. The van der Waals surface area contributed by atoms with Crippen molar-refractivity contribution in [2.24, 2.45) is 16.8 Å². The molecule has 0 saturated heterocycles. The molecule has 0 aromatic carbocycles. The number of hydrogen-bond donors (Lipinski definition) is 2. The van der Waals surface area contributed by atoms with E-state index in [4.69, 9.17) is 5.73 Å². The number of nitrogens with two attached hydrogens (primary N) is 1. The van der Waals surface area contributed by atoms with Gasteiger partial charge in [-0.15, -0.1) is 0 Å². The maximum atomic E-state index is 5.12. The van der Waals surface area contributed by atoms with Crippen LogP contribution in [0, 0.1) is 5.92 Å². The summed E-state index contributed by atoms with van der Waals surface area (Å²) in [6, 6.07) is 0. The van der Waals surface area contributed by atoms with E-state index in [9.17, 15) is 0 Å². The first-order valence-electron chi connectivity index (χ1n) is 3.20. The summed E-state index contributed by atoms with van der Waals surface area (Å²) in [4.78, 5) is 0. The lowest BCUT2D eigenvalue weighted by molar-refractivity contribution is 0.688. The van der Waals surface area contributed by atoms with Gasteiger partial charge in [0.15, 0.2) is 5.11 Å². The van der Waals surface area contributed by atoms with Crippen LogP contribution in [-0.2, 0) is 0 Å². The van der Waals surface area contributed by atoms with Crippen molar-refractivity contribution in [1.29, 1.82) is 0 Å². The van der Waals surface area contributed by atoms with Crippen LogP contribution in [0.15, 0.2) is 5.10 Å². The molecule has 0 saturated carbocycles. The Bertz CT molecular complexity index is 131. The molecule has 0 atom stereocenters. The van der Waals surface area contributed by atoms with Gasteiger partial charge in [0.2, 0.25) is 0 Å². The fraction of sp³-hybridized carbons (Fsp3) is 0.667. The molecule has 3 nitrogen and oxygen atoms in total. The Morgan fingerprint density at radius 2 is 2.40 bits per heavy atom. The number of thiocarbonyl (C=S) groups is 1. The van der Waals surface area contributed by atoms with Crippen molar-refractivity contribution in [3.05, 3.63) is 0 Å². The number of rotatable bonds is 3. The average Bonchev–Trinajstić information content (AvgIpc) is 1.79. The van der Waals surface area contributed by atoms with Crippen molar-refractivity contribution in [1.82, 2.24) is 5.43 Å². The summed E-state index contributed by atoms with van der Waals surface area (Å²) in [7, 11) is 0. The highest BCUT2D eigenvalue weighted by atomic mass is 32.1.